The molecule has 0 unspecified atom stereocenters. The molecule has 0 fully saturated rings. The predicted octanol–water partition coefficient (Wildman–Crippen LogP) is 2.90. The van der Waals surface area contributed by atoms with Gasteiger partial charge in [0.1, 0.15) is 5.75 Å². The van der Waals surface area contributed by atoms with Crippen LogP contribution in [0.5, 0.6) is 5.75 Å². The fourth-order valence-electron chi connectivity index (χ4n) is 4.00. The molecule has 1 aromatic carbocycles. The number of hydrogen-bond donors (Lipinski definition) is 1. The number of ether oxygens (including phenoxy) is 1. The molecule has 0 spiro atoms. The molecule has 6 nitrogen and oxygen atoms in total. The van der Waals surface area contributed by atoms with Crippen molar-refractivity contribution < 1.29 is 9.53 Å². The number of aryl methyl sites for hydroxylation is 2. The van der Waals surface area contributed by atoms with E-state index < -0.39 is 0 Å². The SMILES string of the molecule is COc1ccc2c(c1NC(=O)N1CCCc3c(cnn3C)C1)CCC2. The summed E-state index contributed by atoms with van der Waals surface area (Å²) in [6.07, 6.45) is 6.99. The second kappa shape index (κ2) is 6.43. The van der Waals surface area contributed by atoms with Gasteiger partial charge in [-0.25, -0.2) is 4.79 Å². The number of aromatic nitrogens is 2. The zero-order valence-electron chi connectivity index (χ0n) is 14.8. The van der Waals surface area contributed by atoms with Gasteiger partial charge in [-0.15, -0.1) is 0 Å². The van der Waals surface area contributed by atoms with E-state index in [-0.39, 0.29) is 6.03 Å². The van der Waals surface area contributed by atoms with Crippen molar-refractivity contribution in [2.45, 2.75) is 38.6 Å². The average Bonchev–Trinajstić information content (AvgIpc) is 3.15. The van der Waals surface area contributed by atoms with Crippen LogP contribution < -0.4 is 10.1 Å². The number of carbonyl (C=O) groups is 1. The maximum atomic E-state index is 12.9. The normalized spacial score (nSPS) is 16.2. The van der Waals surface area contributed by atoms with Gasteiger partial charge in [-0.3, -0.25) is 4.68 Å². The molecule has 1 aliphatic carbocycles. The first-order valence-electron chi connectivity index (χ1n) is 8.92. The molecule has 2 heterocycles. The van der Waals surface area contributed by atoms with Crippen LogP contribution in [-0.4, -0.2) is 34.4 Å². The Morgan fingerprint density at radius 1 is 1.20 bits per heavy atom. The van der Waals surface area contributed by atoms with E-state index >= 15 is 0 Å². The topological polar surface area (TPSA) is 59.4 Å². The number of nitrogens with zero attached hydrogens (tertiary/aromatic N) is 3. The Balaban J connectivity index is 1.58. The first kappa shape index (κ1) is 16.0. The van der Waals surface area contributed by atoms with Crippen LogP contribution in [0.3, 0.4) is 0 Å². The fourth-order valence-corrected chi connectivity index (χ4v) is 4.00. The first-order valence-corrected chi connectivity index (χ1v) is 8.92. The minimum atomic E-state index is -0.0599. The van der Waals surface area contributed by atoms with E-state index in [9.17, 15) is 4.79 Å². The Labute approximate surface area is 147 Å². The van der Waals surface area contributed by atoms with Crippen LogP contribution in [-0.2, 0) is 32.9 Å². The Bertz CT molecular complexity index is 812. The highest BCUT2D eigenvalue weighted by molar-refractivity contribution is 5.92. The third kappa shape index (κ3) is 2.86. The van der Waals surface area contributed by atoms with Gasteiger partial charge in [0.25, 0.3) is 0 Å². The van der Waals surface area contributed by atoms with Gasteiger partial charge in [-0.1, -0.05) is 6.07 Å². The molecule has 132 valence electrons. The van der Waals surface area contributed by atoms with Gasteiger partial charge in [-0.2, -0.15) is 5.10 Å². The monoisotopic (exact) mass is 340 g/mol. The van der Waals surface area contributed by atoms with Crippen molar-refractivity contribution in [2.75, 3.05) is 19.0 Å². The molecule has 1 aliphatic heterocycles. The fraction of sp³-hybridized carbons (Fsp3) is 0.474. The summed E-state index contributed by atoms with van der Waals surface area (Å²) in [7, 11) is 3.62. The molecule has 0 saturated carbocycles. The highest BCUT2D eigenvalue weighted by Gasteiger charge is 2.25. The summed E-state index contributed by atoms with van der Waals surface area (Å²) in [5, 5.41) is 7.46. The Hall–Kier alpha value is -2.50. The summed E-state index contributed by atoms with van der Waals surface area (Å²) < 4.78 is 7.42. The van der Waals surface area contributed by atoms with E-state index in [1.165, 1.54) is 16.8 Å². The van der Waals surface area contributed by atoms with Gasteiger partial charge >= 0.3 is 6.03 Å². The lowest BCUT2D eigenvalue weighted by molar-refractivity contribution is 0.210. The van der Waals surface area contributed by atoms with Crippen LogP contribution in [0.15, 0.2) is 18.3 Å². The number of methoxy groups -OCH3 is 1. The van der Waals surface area contributed by atoms with Crippen LogP contribution in [0.2, 0.25) is 0 Å². The van der Waals surface area contributed by atoms with Crippen LogP contribution in [0.25, 0.3) is 0 Å². The molecule has 0 atom stereocenters. The molecular weight excluding hydrogens is 316 g/mol. The second-order valence-electron chi connectivity index (χ2n) is 6.83. The van der Waals surface area contributed by atoms with E-state index in [1.54, 1.807) is 7.11 Å². The molecule has 0 saturated heterocycles. The summed E-state index contributed by atoms with van der Waals surface area (Å²) in [5.74, 6) is 0.742. The van der Waals surface area contributed by atoms with Gasteiger partial charge in [0.15, 0.2) is 0 Å². The number of fused-ring (bicyclic) bond motifs is 2. The number of urea groups is 1. The van der Waals surface area contributed by atoms with Crippen molar-refractivity contribution >= 4 is 11.7 Å². The molecule has 2 aromatic rings. The lowest BCUT2D eigenvalue weighted by atomic mass is 10.1. The van der Waals surface area contributed by atoms with Crippen LogP contribution in [0.4, 0.5) is 10.5 Å². The minimum absolute atomic E-state index is 0.0599. The van der Waals surface area contributed by atoms with Crippen molar-refractivity contribution in [3.63, 3.8) is 0 Å². The molecule has 0 radical (unpaired) electrons. The lowest BCUT2D eigenvalue weighted by Gasteiger charge is -2.23. The van der Waals surface area contributed by atoms with Gasteiger partial charge in [0.2, 0.25) is 0 Å². The number of nitrogens with one attached hydrogen (secondary N) is 1. The summed E-state index contributed by atoms with van der Waals surface area (Å²) in [6.45, 7) is 1.35. The van der Waals surface area contributed by atoms with Crippen LogP contribution >= 0.6 is 0 Å². The molecule has 1 N–H and O–H groups in total. The van der Waals surface area contributed by atoms with Gasteiger partial charge in [-0.05, 0) is 49.3 Å². The lowest BCUT2D eigenvalue weighted by Crippen LogP contribution is -2.35. The van der Waals surface area contributed by atoms with Crippen LogP contribution in [0.1, 0.15) is 35.2 Å². The molecule has 25 heavy (non-hydrogen) atoms. The molecule has 1 aromatic heterocycles. The summed E-state index contributed by atoms with van der Waals surface area (Å²) in [5.41, 5.74) is 5.76. The quantitative estimate of drug-likeness (QED) is 0.914. The number of anilines is 1. The number of hydrogen-bond acceptors (Lipinski definition) is 3. The molecule has 2 amide bonds. The molecule has 2 aliphatic rings. The number of rotatable bonds is 2. The smallest absolute Gasteiger partial charge is 0.322 e. The molecule has 0 bridgehead atoms. The third-order valence-corrected chi connectivity index (χ3v) is 5.33. The van der Waals surface area contributed by atoms with Gasteiger partial charge in [0, 0.05) is 24.8 Å². The number of benzene rings is 1. The van der Waals surface area contributed by atoms with Gasteiger partial charge in [0.05, 0.1) is 25.5 Å². The average molecular weight is 340 g/mol. The largest absolute Gasteiger partial charge is 0.495 e. The van der Waals surface area contributed by atoms with E-state index in [1.807, 2.05) is 28.9 Å². The summed E-state index contributed by atoms with van der Waals surface area (Å²) in [4.78, 5) is 14.8. The maximum Gasteiger partial charge on any atom is 0.322 e. The van der Waals surface area contributed by atoms with Crippen molar-refractivity contribution in [1.29, 1.82) is 0 Å². The minimum Gasteiger partial charge on any atom is -0.495 e. The second-order valence-corrected chi connectivity index (χ2v) is 6.83. The zero-order chi connectivity index (χ0) is 17.4. The summed E-state index contributed by atoms with van der Waals surface area (Å²) >= 11 is 0. The van der Waals surface area contributed by atoms with Crippen molar-refractivity contribution in [1.82, 2.24) is 14.7 Å². The first-order chi connectivity index (χ1) is 12.2. The third-order valence-electron chi connectivity index (χ3n) is 5.33. The van der Waals surface area contributed by atoms with Crippen molar-refractivity contribution in [3.05, 3.63) is 40.7 Å². The Kier molecular flexibility index (Phi) is 4.11. The highest BCUT2D eigenvalue weighted by Crippen LogP contribution is 2.36. The zero-order valence-corrected chi connectivity index (χ0v) is 14.8. The Morgan fingerprint density at radius 2 is 2.08 bits per heavy atom. The number of carbonyl (C=O) groups excluding carboxylic acids is 1. The van der Waals surface area contributed by atoms with E-state index in [2.05, 4.69) is 16.5 Å². The molecular formula is C19H24N4O2. The van der Waals surface area contributed by atoms with Crippen LogP contribution in [0, 0.1) is 0 Å². The predicted molar refractivity (Wildman–Crippen MR) is 96.0 cm³/mol. The maximum absolute atomic E-state index is 12.9. The highest BCUT2D eigenvalue weighted by atomic mass is 16.5. The molecule has 4 rings (SSSR count). The van der Waals surface area contributed by atoms with E-state index in [4.69, 9.17) is 4.74 Å². The van der Waals surface area contributed by atoms with Crippen molar-refractivity contribution in [3.8, 4) is 5.75 Å². The van der Waals surface area contributed by atoms with E-state index in [0.717, 1.165) is 55.6 Å². The van der Waals surface area contributed by atoms with E-state index in [0.29, 0.717) is 6.54 Å². The number of amides is 2. The standard InChI is InChI=1S/C19H24N4O2/c1-22-16-7-4-10-23(12-14(16)11-20-22)19(24)21-18-15-6-3-5-13(15)8-9-17(18)25-2/h8-9,11H,3-7,10,12H2,1-2H3,(H,21,24). The van der Waals surface area contributed by atoms with Crippen molar-refractivity contribution in [2.24, 2.45) is 7.05 Å². The summed E-state index contributed by atoms with van der Waals surface area (Å²) in [6, 6.07) is 4.02. The van der Waals surface area contributed by atoms with Gasteiger partial charge < -0.3 is 15.0 Å². The Morgan fingerprint density at radius 3 is 2.92 bits per heavy atom. The molecule has 6 heteroatoms.